The van der Waals surface area contributed by atoms with Crippen molar-refractivity contribution in [1.82, 2.24) is 10.2 Å². The molecule has 1 N–H and O–H groups in total. The smallest absolute Gasteiger partial charge is 0.268 e. The average molecular weight is 323 g/mol. The van der Waals surface area contributed by atoms with E-state index in [2.05, 4.69) is 0 Å². The fraction of sp³-hybridized carbons (Fsp3) is 0.429. The first kappa shape index (κ1) is 18.2. The number of carbonyl (C=O) groups is 4. The van der Waals surface area contributed by atoms with E-state index in [4.69, 9.17) is 0 Å². The minimum absolute atomic E-state index is 0.0818. The van der Waals surface area contributed by atoms with E-state index < -0.39 is 40.8 Å². The molecule has 0 aromatic heterocycles. The Morgan fingerprint density at radius 3 is 2.35 bits per heavy atom. The van der Waals surface area contributed by atoms with Crippen LogP contribution in [-0.4, -0.2) is 40.0 Å². The molecule has 1 aliphatic rings. The highest BCUT2D eigenvalue weighted by Crippen LogP contribution is 2.28. The maximum Gasteiger partial charge on any atom is 0.268 e. The highest BCUT2D eigenvalue weighted by atomic mass is 16.6. The van der Waals surface area contributed by atoms with Crippen LogP contribution >= 0.6 is 0 Å². The van der Waals surface area contributed by atoms with E-state index in [9.17, 15) is 29.3 Å². The number of allylic oxidation sites excluding steroid dienone is 2. The second kappa shape index (κ2) is 7.43. The molecule has 1 aliphatic heterocycles. The molecule has 0 aromatic rings. The quantitative estimate of drug-likeness (QED) is 0.335. The summed E-state index contributed by atoms with van der Waals surface area (Å²) in [6.45, 7) is 3.41. The lowest BCUT2D eigenvalue weighted by atomic mass is 10.1. The van der Waals surface area contributed by atoms with Crippen molar-refractivity contribution >= 4 is 23.6 Å². The van der Waals surface area contributed by atoms with Crippen molar-refractivity contribution in [3.05, 3.63) is 33.0 Å². The van der Waals surface area contributed by atoms with Gasteiger partial charge in [-0.1, -0.05) is 19.4 Å². The van der Waals surface area contributed by atoms with Gasteiger partial charge in [0.15, 0.2) is 0 Å². The summed E-state index contributed by atoms with van der Waals surface area (Å²) in [5, 5.41) is 12.9. The molecule has 0 radical (unpaired) electrons. The van der Waals surface area contributed by atoms with Crippen molar-refractivity contribution in [2.24, 2.45) is 0 Å². The Balaban J connectivity index is 3.23. The number of hydrogen-bond donors (Lipinski definition) is 1. The standard InChI is InChI=1S/C14H17N3O6/c1-4-5-6-10-12(8(2)17(22)23)14(21)16(13(10)20)7-11(19)15-9(3)18/h6H,4-5,7H2,1-3H3,(H,15,18,19)/b10-6+,12-8-. The van der Waals surface area contributed by atoms with E-state index in [-0.39, 0.29) is 11.1 Å². The minimum Gasteiger partial charge on any atom is -0.295 e. The summed E-state index contributed by atoms with van der Waals surface area (Å²) >= 11 is 0. The highest BCUT2D eigenvalue weighted by Gasteiger charge is 2.43. The summed E-state index contributed by atoms with van der Waals surface area (Å²) in [4.78, 5) is 57.8. The lowest BCUT2D eigenvalue weighted by Gasteiger charge is -2.11. The van der Waals surface area contributed by atoms with Gasteiger partial charge in [-0.3, -0.25) is 39.5 Å². The van der Waals surface area contributed by atoms with Gasteiger partial charge < -0.3 is 0 Å². The van der Waals surface area contributed by atoms with Gasteiger partial charge in [0.1, 0.15) is 12.1 Å². The number of nitrogens with zero attached hydrogens (tertiary/aromatic N) is 2. The molecule has 0 aromatic carbocycles. The Hall–Kier alpha value is -2.84. The van der Waals surface area contributed by atoms with Crippen molar-refractivity contribution in [1.29, 1.82) is 0 Å². The molecule has 0 saturated carbocycles. The van der Waals surface area contributed by atoms with E-state index in [0.717, 1.165) is 13.8 Å². The molecule has 23 heavy (non-hydrogen) atoms. The number of imide groups is 2. The lowest BCUT2D eigenvalue weighted by Crippen LogP contribution is -2.41. The molecule has 0 bridgehead atoms. The summed E-state index contributed by atoms with van der Waals surface area (Å²) in [6, 6.07) is 0. The van der Waals surface area contributed by atoms with Crippen molar-refractivity contribution in [2.75, 3.05) is 6.54 Å². The SMILES string of the molecule is CCC/C=C1/C(=O)N(CC(=O)NC(C)=O)C(=O)/C1=C(/C)[N+](=O)[O-]. The van der Waals surface area contributed by atoms with Gasteiger partial charge in [-0.05, 0) is 6.42 Å². The zero-order chi connectivity index (χ0) is 17.7. The Labute approximate surface area is 132 Å². The molecule has 0 spiro atoms. The number of nitro groups is 1. The number of rotatable bonds is 5. The summed E-state index contributed by atoms with van der Waals surface area (Å²) in [7, 11) is 0. The lowest BCUT2D eigenvalue weighted by molar-refractivity contribution is -0.425. The Morgan fingerprint density at radius 1 is 1.26 bits per heavy atom. The third-order valence-corrected chi connectivity index (χ3v) is 3.09. The zero-order valence-electron chi connectivity index (χ0n) is 13.0. The maximum atomic E-state index is 12.3. The number of hydrogen-bond acceptors (Lipinski definition) is 6. The van der Waals surface area contributed by atoms with Crippen molar-refractivity contribution in [2.45, 2.75) is 33.6 Å². The largest absolute Gasteiger partial charge is 0.295 e. The molecule has 124 valence electrons. The second-order valence-electron chi connectivity index (χ2n) is 4.92. The molecule has 1 saturated heterocycles. The first-order chi connectivity index (χ1) is 10.7. The zero-order valence-corrected chi connectivity index (χ0v) is 13.0. The van der Waals surface area contributed by atoms with Gasteiger partial charge in [0.2, 0.25) is 11.8 Å². The predicted molar refractivity (Wildman–Crippen MR) is 78.2 cm³/mol. The molecule has 4 amide bonds. The maximum absolute atomic E-state index is 12.3. The Morgan fingerprint density at radius 2 is 1.87 bits per heavy atom. The predicted octanol–water partition coefficient (Wildman–Crippen LogP) is 0.295. The molecule has 1 fully saturated rings. The van der Waals surface area contributed by atoms with Crippen LogP contribution in [0.5, 0.6) is 0 Å². The molecule has 9 nitrogen and oxygen atoms in total. The molecular weight excluding hydrogens is 306 g/mol. The van der Waals surface area contributed by atoms with E-state index in [1.807, 2.05) is 12.2 Å². The second-order valence-corrected chi connectivity index (χ2v) is 4.92. The van der Waals surface area contributed by atoms with Crippen LogP contribution in [0.1, 0.15) is 33.6 Å². The number of carbonyl (C=O) groups excluding carboxylic acids is 4. The normalized spacial score (nSPS) is 18.4. The molecule has 0 aliphatic carbocycles. The average Bonchev–Trinajstić information content (AvgIpc) is 2.67. The van der Waals surface area contributed by atoms with Crippen LogP contribution < -0.4 is 5.32 Å². The number of amides is 4. The number of nitrogens with one attached hydrogen (secondary N) is 1. The minimum atomic E-state index is -0.912. The van der Waals surface area contributed by atoms with Gasteiger partial charge in [-0.2, -0.15) is 0 Å². The van der Waals surface area contributed by atoms with Gasteiger partial charge in [0, 0.05) is 13.8 Å². The molecule has 0 unspecified atom stereocenters. The van der Waals surface area contributed by atoms with Crippen LogP contribution in [0.15, 0.2) is 22.9 Å². The number of likely N-dealkylation sites (tertiary alicyclic amines) is 1. The van der Waals surface area contributed by atoms with Crippen LogP contribution in [0.4, 0.5) is 0 Å². The van der Waals surface area contributed by atoms with Crippen LogP contribution in [0, 0.1) is 10.1 Å². The summed E-state index contributed by atoms with van der Waals surface area (Å²) in [5.41, 5.74) is -0.856. The summed E-state index contributed by atoms with van der Waals surface area (Å²) < 4.78 is 0. The Kier molecular flexibility index (Phi) is 5.88. The van der Waals surface area contributed by atoms with Crippen molar-refractivity contribution in [3.63, 3.8) is 0 Å². The number of unbranched alkanes of at least 4 members (excludes halogenated alkanes) is 1. The van der Waals surface area contributed by atoms with Gasteiger partial charge in [0.25, 0.3) is 17.5 Å². The van der Waals surface area contributed by atoms with Gasteiger partial charge in [0.05, 0.1) is 10.5 Å². The van der Waals surface area contributed by atoms with Crippen LogP contribution in [0.2, 0.25) is 0 Å². The molecular formula is C14H17N3O6. The van der Waals surface area contributed by atoms with Gasteiger partial charge in [-0.15, -0.1) is 0 Å². The highest BCUT2D eigenvalue weighted by molar-refractivity contribution is 6.25. The van der Waals surface area contributed by atoms with Crippen LogP contribution in [-0.2, 0) is 19.2 Å². The topological polar surface area (TPSA) is 127 Å². The molecule has 9 heteroatoms. The van der Waals surface area contributed by atoms with Crippen molar-refractivity contribution < 1.29 is 24.1 Å². The molecule has 1 rings (SSSR count). The molecule has 1 heterocycles. The Bertz CT molecular complexity index is 647. The fourth-order valence-electron chi connectivity index (χ4n) is 2.04. The first-order valence-electron chi connectivity index (χ1n) is 6.93. The fourth-order valence-corrected chi connectivity index (χ4v) is 2.04. The van der Waals surface area contributed by atoms with E-state index in [1.54, 1.807) is 0 Å². The van der Waals surface area contributed by atoms with Gasteiger partial charge in [-0.25, -0.2) is 0 Å². The third-order valence-electron chi connectivity index (χ3n) is 3.09. The first-order valence-corrected chi connectivity index (χ1v) is 6.93. The summed E-state index contributed by atoms with van der Waals surface area (Å²) in [5.74, 6) is -3.16. The van der Waals surface area contributed by atoms with Gasteiger partial charge >= 0.3 is 0 Å². The van der Waals surface area contributed by atoms with E-state index in [1.165, 1.54) is 6.08 Å². The third kappa shape index (κ3) is 4.09. The van der Waals surface area contributed by atoms with Crippen molar-refractivity contribution in [3.8, 4) is 0 Å². The van der Waals surface area contributed by atoms with E-state index >= 15 is 0 Å². The summed E-state index contributed by atoms with van der Waals surface area (Å²) in [6.07, 6.45) is 2.59. The van der Waals surface area contributed by atoms with E-state index in [0.29, 0.717) is 17.7 Å². The van der Waals surface area contributed by atoms with Crippen LogP contribution in [0.25, 0.3) is 0 Å². The monoisotopic (exact) mass is 323 g/mol. The molecule has 0 atom stereocenters. The van der Waals surface area contributed by atoms with Crippen LogP contribution in [0.3, 0.4) is 0 Å².